The fraction of sp³-hybridized carbons (Fsp3) is 0.556. The van der Waals surface area contributed by atoms with E-state index < -0.39 is 18.2 Å². The van der Waals surface area contributed by atoms with Crippen molar-refractivity contribution in [2.24, 2.45) is 0 Å². The Morgan fingerprint density at radius 1 is 1.12 bits per heavy atom. The molecule has 6 nitrogen and oxygen atoms in total. The molecule has 1 amide bonds. The minimum atomic E-state index is -0.917. The Balaban J connectivity index is 1.88. The van der Waals surface area contributed by atoms with E-state index in [0.29, 0.717) is 24.8 Å². The lowest BCUT2D eigenvalue weighted by atomic mass is 10.0. The third kappa shape index (κ3) is 4.79. The zero-order valence-corrected chi connectivity index (χ0v) is 14.6. The zero-order chi connectivity index (χ0) is 17.7. The van der Waals surface area contributed by atoms with Gasteiger partial charge in [-0.25, -0.2) is 4.79 Å². The van der Waals surface area contributed by atoms with Crippen LogP contribution in [0, 0.1) is 0 Å². The van der Waals surface area contributed by atoms with Gasteiger partial charge in [0, 0.05) is 5.69 Å². The number of anilines is 1. The molecule has 0 radical (unpaired) electrons. The Morgan fingerprint density at radius 3 is 2.33 bits per heavy atom. The van der Waals surface area contributed by atoms with Crippen LogP contribution in [-0.4, -0.2) is 43.4 Å². The van der Waals surface area contributed by atoms with E-state index in [0.717, 1.165) is 0 Å². The summed E-state index contributed by atoms with van der Waals surface area (Å²) in [5, 5.41) is 2.74. The van der Waals surface area contributed by atoms with Crippen molar-refractivity contribution >= 4 is 17.6 Å². The van der Waals surface area contributed by atoms with Crippen LogP contribution in [0.25, 0.3) is 0 Å². The number of rotatable bonds is 5. The Kier molecular flexibility index (Phi) is 6.34. The summed E-state index contributed by atoms with van der Waals surface area (Å²) in [4.78, 5) is 24.3. The molecule has 3 atom stereocenters. The minimum absolute atomic E-state index is 0.340. The highest BCUT2D eigenvalue weighted by Gasteiger charge is 2.33. The van der Waals surface area contributed by atoms with Crippen molar-refractivity contribution in [2.45, 2.75) is 51.9 Å². The molecule has 1 N–H and O–H groups in total. The molecule has 1 aromatic carbocycles. The normalized spacial score (nSPS) is 22.0. The zero-order valence-electron chi connectivity index (χ0n) is 14.6. The van der Waals surface area contributed by atoms with Crippen molar-refractivity contribution in [3.63, 3.8) is 0 Å². The van der Waals surface area contributed by atoms with Crippen LogP contribution >= 0.6 is 0 Å². The predicted molar refractivity (Wildman–Crippen MR) is 89.9 cm³/mol. The van der Waals surface area contributed by atoms with Gasteiger partial charge >= 0.3 is 5.97 Å². The first-order valence-corrected chi connectivity index (χ1v) is 8.23. The molecule has 1 unspecified atom stereocenters. The van der Waals surface area contributed by atoms with Crippen molar-refractivity contribution in [2.75, 3.05) is 18.5 Å². The second-order valence-corrected chi connectivity index (χ2v) is 6.21. The van der Waals surface area contributed by atoms with Gasteiger partial charge in [-0.1, -0.05) is 26.0 Å². The summed E-state index contributed by atoms with van der Waals surface area (Å²) in [5.41, 5.74) is 1.86. The molecule has 1 aliphatic heterocycles. The van der Waals surface area contributed by atoms with E-state index in [4.69, 9.17) is 14.2 Å². The number of carbonyl (C=O) groups excluding carboxylic acids is 2. The number of esters is 1. The summed E-state index contributed by atoms with van der Waals surface area (Å²) in [6.07, 6.45) is -2.09. The summed E-state index contributed by atoms with van der Waals surface area (Å²) in [7, 11) is 0. The van der Waals surface area contributed by atoms with E-state index >= 15 is 0 Å². The van der Waals surface area contributed by atoms with Gasteiger partial charge in [0.05, 0.1) is 19.3 Å². The Labute approximate surface area is 142 Å². The molecule has 1 aliphatic rings. The maximum atomic E-state index is 12.2. The Bertz CT molecular complexity index is 569. The molecule has 1 aromatic rings. The third-order valence-electron chi connectivity index (χ3n) is 3.93. The van der Waals surface area contributed by atoms with Crippen LogP contribution in [0.1, 0.15) is 39.2 Å². The maximum Gasteiger partial charge on any atom is 0.338 e. The molecular weight excluding hydrogens is 310 g/mol. The predicted octanol–water partition coefficient (Wildman–Crippen LogP) is 2.48. The first-order chi connectivity index (χ1) is 11.4. The molecular formula is C18H25NO5. The van der Waals surface area contributed by atoms with Crippen LogP contribution in [0.2, 0.25) is 0 Å². The molecule has 1 fully saturated rings. The maximum absolute atomic E-state index is 12.2. The van der Waals surface area contributed by atoms with Gasteiger partial charge in [0.25, 0.3) is 5.91 Å². The number of ether oxygens (including phenoxy) is 3. The molecule has 0 saturated carbocycles. The molecule has 132 valence electrons. The first-order valence-electron chi connectivity index (χ1n) is 8.23. The molecule has 0 spiro atoms. The van der Waals surface area contributed by atoms with Gasteiger partial charge in [-0.15, -0.1) is 0 Å². The molecule has 0 bridgehead atoms. The lowest BCUT2D eigenvalue weighted by Crippen LogP contribution is -2.45. The molecule has 0 aliphatic carbocycles. The third-order valence-corrected chi connectivity index (χ3v) is 3.93. The molecule has 24 heavy (non-hydrogen) atoms. The summed E-state index contributed by atoms with van der Waals surface area (Å²) >= 11 is 0. The Morgan fingerprint density at radius 2 is 1.75 bits per heavy atom. The standard InChI is InChI=1S/C18H25NO5/c1-11(2)14-5-7-15(8-6-14)19-17(20)13(4)24-18(21)16-12(3)22-9-10-23-16/h5-8,11-13,16H,9-10H2,1-4H3,(H,19,20)/t12-,13?,16-/m1/s1. The smallest absolute Gasteiger partial charge is 0.338 e. The SMILES string of the molecule is CC(OC(=O)[C@@H]1OCCO[C@@H]1C)C(=O)Nc1ccc(C(C)C)cc1. The largest absolute Gasteiger partial charge is 0.451 e. The lowest BCUT2D eigenvalue weighted by Gasteiger charge is -2.28. The number of benzene rings is 1. The van der Waals surface area contributed by atoms with Crippen LogP contribution in [0.15, 0.2) is 24.3 Å². The molecule has 1 heterocycles. The minimum Gasteiger partial charge on any atom is -0.451 e. The van der Waals surface area contributed by atoms with Crippen LogP contribution in [0.3, 0.4) is 0 Å². The highest BCUT2D eigenvalue weighted by atomic mass is 16.6. The van der Waals surface area contributed by atoms with E-state index in [1.54, 1.807) is 6.92 Å². The number of carbonyl (C=O) groups is 2. The van der Waals surface area contributed by atoms with Gasteiger partial charge in [0.1, 0.15) is 0 Å². The summed E-state index contributed by atoms with van der Waals surface area (Å²) < 4.78 is 15.9. The van der Waals surface area contributed by atoms with E-state index in [2.05, 4.69) is 19.2 Å². The van der Waals surface area contributed by atoms with Crippen molar-refractivity contribution < 1.29 is 23.8 Å². The molecule has 6 heteroatoms. The topological polar surface area (TPSA) is 73.9 Å². The van der Waals surface area contributed by atoms with Crippen LogP contribution in [0.4, 0.5) is 5.69 Å². The second kappa shape index (κ2) is 8.26. The quantitative estimate of drug-likeness (QED) is 0.837. The van der Waals surface area contributed by atoms with Crippen LogP contribution < -0.4 is 5.32 Å². The lowest BCUT2D eigenvalue weighted by molar-refractivity contribution is -0.187. The van der Waals surface area contributed by atoms with Crippen LogP contribution in [0.5, 0.6) is 0 Å². The number of nitrogens with one attached hydrogen (secondary N) is 1. The van der Waals surface area contributed by atoms with Gasteiger partial charge in [-0.3, -0.25) is 4.79 Å². The fourth-order valence-corrected chi connectivity index (χ4v) is 2.38. The fourth-order valence-electron chi connectivity index (χ4n) is 2.38. The molecule has 0 aromatic heterocycles. The van der Waals surface area contributed by atoms with Crippen LogP contribution in [-0.2, 0) is 23.8 Å². The van der Waals surface area contributed by atoms with Gasteiger partial charge in [0.15, 0.2) is 12.2 Å². The van der Waals surface area contributed by atoms with E-state index in [9.17, 15) is 9.59 Å². The first kappa shape index (κ1) is 18.4. The van der Waals surface area contributed by atoms with Crippen molar-refractivity contribution in [3.05, 3.63) is 29.8 Å². The number of hydrogen-bond donors (Lipinski definition) is 1. The van der Waals surface area contributed by atoms with Crippen molar-refractivity contribution in [1.82, 2.24) is 0 Å². The average Bonchev–Trinajstić information content (AvgIpc) is 2.55. The summed E-state index contributed by atoms with van der Waals surface area (Å²) in [6, 6.07) is 7.60. The average molecular weight is 335 g/mol. The van der Waals surface area contributed by atoms with Crippen molar-refractivity contribution in [3.8, 4) is 0 Å². The summed E-state index contributed by atoms with van der Waals surface area (Å²) in [5.74, 6) is -0.542. The van der Waals surface area contributed by atoms with E-state index in [-0.39, 0.29) is 12.0 Å². The van der Waals surface area contributed by atoms with E-state index in [1.165, 1.54) is 12.5 Å². The monoisotopic (exact) mass is 335 g/mol. The molecule has 2 rings (SSSR count). The highest BCUT2D eigenvalue weighted by molar-refractivity contribution is 5.95. The van der Waals surface area contributed by atoms with E-state index in [1.807, 2.05) is 24.3 Å². The van der Waals surface area contributed by atoms with Gasteiger partial charge in [-0.05, 0) is 37.5 Å². The van der Waals surface area contributed by atoms with Crippen molar-refractivity contribution in [1.29, 1.82) is 0 Å². The highest BCUT2D eigenvalue weighted by Crippen LogP contribution is 2.18. The van der Waals surface area contributed by atoms with Gasteiger partial charge in [-0.2, -0.15) is 0 Å². The Hall–Kier alpha value is -1.92. The second-order valence-electron chi connectivity index (χ2n) is 6.21. The van der Waals surface area contributed by atoms with Gasteiger partial charge in [0.2, 0.25) is 0 Å². The molecule has 1 saturated heterocycles. The summed E-state index contributed by atoms with van der Waals surface area (Å²) in [6.45, 7) is 8.27. The van der Waals surface area contributed by atoms with Gasteiger partial charge < -0.3 is 19.5 Å². The number of hydrogen-bond acceptors (Lipinski definition) is 5. The number of amides is 1.